The van der Waals surface area contributed by atoms with Crippen LogP contribution in [0.1, 0.15) is 42.3 Å². The Bertz CT molecular complexity index is 734. The Kier molecular flexibility index (Phi) is 5.40. The van der Waals surface area contributed by atoms with Gasteiger partial charge in [0.1, 0.15) is 17.9 Å². The Balaban J connectivity index is 2.10. The molecule has 0 radical (unpaired) electrons. The lowest BCUT2D eigenvalue weighted by atomic mass is 9.87. The van der Waals surface area contributed by atoms with Crippen molar-refractivity contribution in [2.45, 2.75) is 32.8 Å². The Morgan fingerprint density at radius 2 is 1.79 bits per heavy atom. The Hall–Kier alpha value is -2.20. The van der Waals surface area contributed by atoms with Gasteiger partial charge in [0.2, 0.25) is 0 Å². The first kappa shape index (κ1) is 18.1. The normalized spacial score (nSPS) is 11.2. The monoisotopic (exact) mass is 347 g/mol. The van der Waals surface area contributed by atoms with Gasteiger partial charge >= 0.3 is 5.97 Å². The summed E-state index contributed by atoms with van der Waals surface area (Å²) in [5.74, 6) is -0.168. The molecule has 2 rings (SSSR count). The Labute approximate surface area is 147 Å². The summed E-state index contributed by atoms with van der Waals surface area (Å²) in [6.07, 6.45) is 0. The summed E-state index contributed by atoms with van der Waals surface area (Å²) in [6, 6.07) is 11.0. The van der Waals surface area contributed by atoms with Gasteiger partial charge in [0, 0.05) is 6.07 Å². The van der Waals surface area contributed by atoms with Crippen molar-refractivity contribution in [3.63, 3.8) is 0 Å². The molecule has 0 unspecified atom stereocenters. The number of hydrogen-bond donors (Lipinski definition) is 1. The van der Waals surface area contributed by atoms with Crippen molar-refractivity contribution in [2.24, 2.45) is 0 Å². The predicted octanol–water partition coefficient (Wildman–Crippen LogP) is 4.59. The van der Waals surface area contributed by atoms with Gasteiger partial charge in [0.25, 0.3) is 0 Å². The molecule has 5 heteroatoms. The number of nitrogen functional groups attached to an aromatic ring is 1. The minimum atomic E-state index is -0.506. The average Bonchev–Trinajstić information content (AvgIpc) is 2.54. The summed E-state index contributed by atoms with van der Waals surface area (Å²) in [4.78, 5) is 12.3. The van der Waals surface area contributed by atoms with Crippen LogP contribution >= 0.6 is 11.6 Å². The largest absolute Gasteiger partial charge is 0.496 e. The van der Waals surface area contributed by atoms with Crippen LogP contribution in [0.3, 0.4) is 0 Å². The standard InChI is InChI=1S/C19H22ClNO3/c1-19(2,3)13-7-5-12(6-8-13)11-24-18(22)14-9-15(20)16(21)10-17(14)23-4/h5-10H,11,21H2,1-4H3. The van der Waals surface area contributed by atoms with Crippen LogP contribution in [0.25, 0.3) is 0 Å². The van der Waals surface area contributed by atoms with Crippen LogP contribution in [0.5, 0.6) is 5.75 Å². The smallest absolute Gasteiger partial charge is 0.342 e. The van der Waals surface area contributed by atoms with Crippen LogP contribution in [0.4, 0.5) is 5.69 Å². The van der Waals surface area contributed by atoms with Crippen molar-refractivity contribution in [2.75, 3.05) is 12.8 Å². The molecule has 128 valence electrons. The molecular weight excluding hydrogens is 326 g/mol. The highest BCUT2D eigenvalue weighted by atomic mass is 35.5. The maximum Gasteiger partial charge on any atom is 0.342 e. The van der Waals surface area contributed by atoms with Gasteiger partial charge in [-0.1, -0.05) is 56.6 Å². The van der Waals surface area contributed by atoms with Gasteiger partial charge in [0.05, 0.1) is 17.8 Å². The molecule has 0 aliphatic rings. The second kappa shape index (κ2) is 7.14. The maximum atomic E-state index is 12.3. The highest BCUT2D eigenvalue weighted by Gasteiger charge is 2.17. The van der Waals surface area contributed by atoms with Crippen molar-refractivity contribution in [3.05, 3.63) is 58.1 Å². The van der Waals surface area contributed by atoms with E-state index in [9.17, 15) is 4.79 Å². The number of halogens is 1. The average molecular weight is 348 g/mol. The molecule has 0 aliphatic heterocycles. The summed E-state index contributed by atoms with van der Waals surface area (Å²) < 4.78 is 10.5. The van der Waals surface area contributed by atoms with Gasteiger partial charge in [-0.3, -0.25) is 0 Å². The first-order chi connectivity index (χ1) is 11.2. The third-order valence-electron chi connectivity index (χ3n) is 3.73. The van der Waals surface area contributed by atoms with Crippen LogP contribution in [0.2, 0.25) is 5.02 Å². The number of anilines is 1. The van der Waals surface area contributed by atoms with Crippen molar-refractivity contribution in [1.82, 2.24) is 0 Å². The molecule has 2 N–H and O–H groups in total. The highest BCUT2D eigenvalue weighted by Crippen LogP contribution is 2.29. The van der Waals surface area contributed by atoms with Gasteiger partial charge < -0.3 is 15.2 Å². The Morgan fingerprint density at radius 1 is 1.17 bits per heavy atom. The summed E-state index contributed by atoms with van der Waals surface area (Å²) in [6.45, 7) is 6.63. The molecule has 24 heavy (non-hydrogen) atoms. The van der Waals surface area contributed by atoms with Crippen molar-refractivity contribution in [1.29, 1.82) is 0 Å². The van der Waals surface area contributed by atoms with Gasteiger partial charge in [0.15, 0.2) is 0 Å². The van der Waals surface area contributed by atoms with Crippen LogP contribution < -0.4 is 10.5 Å². The van der Waals surface area contributed by atoms with Crippen LogP contribution in [-0.4, -0.2) is 13.1 Å². The second-order valence-corrected chi connectivity index (χ2v) is 7.00. The summed E-state index contributed by atoms with van der Waals surface area (Å²) >= 11 is 5.98. The topological polar surface area (TPSA) is 61.5 Å². The third kappa shape index (κ3) is 4.20. The molecule has 2 aromatic carbocycles. The number of nitrogens with two attached hydrogens (primary N) is 1. The number of hydrogen-bond acceptors (Lipinski definition) is 4. The number of carbonyl (C=O) groups excluding carboxylic acids is 1. The number of methoxy groups -OCH3 is 1. The summed E-state index contributed by atoms with van der Waals surface area (Å²) in [7, 11) is 1.46. The zero-order valence-corrected chi connectivity index (χ0v) is 15.1. The van der Waals surface area contributed by atoms with Crippen LogP contribution in [-0.2, 0) is 16.8 Å². The molecular formula is C19H22ClNO3. The molecule has 0 saturated carbocycles. The van der Waals surface area contributed by atoms with E-state index in [4.69, 9.17) is 26.8 Å². The van der Waals surface area contributed by atoms with E-state index in [1.165, 1.54) is 24.8 Å². The van der Waals surface area contributed by atoms with E-state index in [-0.39, 0.29) is 22.6 Å². The highest BCUT2D eigenvalue weighted by molar-refractivity contribution is 6.33. The molecule has 4 nitrogen and oxygen atoms in total. The first-order valence-corrected chi connectivity index (χ1v) is 7.99. The lowest BCUT2D eigenvalue weighted by Gasteiger charge is -2.19. The number of esters is 1. The SMILES string of the molecule is COc1cc(N)c(Cl)cc1C(=O)OCc1ccc(C(C)(C)C)cc1. The summed E-state index contributed by atoms with van der Waals surface area (Å²) in [5, 5.41) is 0.289. The lowest BCUT2D eigenvalue weighted by Crippen LogP contribution is -2.11. The van der Waals surface area contributed by atoms with Gasteiger partial charge in [-0.05, 0) is 22.6 Å². The van der Waals surface area contributed by atoms with Crippen LogP contribution in [0, 0.1) is 0 Å². The fraction of sp³-hybridized carbons (Fsp3) is 0.316. The van der Waals surface area contributed by atoms with E-state index in [2.05, 4.69) is 20.8 Å². The van der Waals surface area contributed by atoms with E-state index < -0.39 is 5.97 Å². The molecule has 0 bridgehead atoms. The molecule has 0 amide bonds. The van der Waals surface area contributed by atoms with E-state index >= 15 is 0 Å². The molecule has 0 saturated heterocycles. The maximum absolute atomic E-state index is 12.3. The predicted molar refractivity (Wildman–Crippen MR) is 96.7 cm³/mol. The minimum absolute atomic E-state index is 0.0866. The fourth-order valence-electron chi connectivity index (χ4n) is 2.23. The van der Waals surface area contributed by atoms with Crippen molar-refractivity contribution >= 4 is 23.3 Å². The molecule has 0 aliphatic carbocycles. The summed E-state index contributed by atoms with van der Waals surface area (Å²) in [5.41, 5.74) is 8.54. The number of benzene rings is 2. The molecule has 0 aromatic heterocycles. The first-order valence-electron chi connectivity index (χ1n) is 7.62. The Morgan fingerprint density at radius 3 is 2.33 bits per heavy atom. The van der Waals surface area contributed by atoms with E-state index in [1.54, 1.807) is 0 Å². The molecule has 0 heterocycles. The van der Waals surface area contributed by atoms with E-state index in [0.29, 0.717) is 11.4 Å². The third-order valence-corrected chi connectivity index (χ3v) is 4.06. The molecule has 0 fully saturated rings. The number of rotatable bonds is 4. The van der Waals surface area contributed by atoms with Crippen LogP contribution in [0.15, 0.2) is 36.4 Å². The van der Waals surface area contributed by atoms with Gasteiger partial charge in [-0.2, -0.15) is 0 Å². The quantitative estimate of drug-likeness (QED) is 0.649. The van der Waals surface area contributed by atoms with Crippen molar-refractivity contribution in [3.8, 4) is 5.75 Å². The van der Waals surface area contributed by atoms with E-state index in [1.807, 2.05) is 24.3 Å². The van der Waals surface area contributed by atoms with Gasteiger partial charge in [-0.25, -0.2) is 4.79 Å². The number of ether oxygens (including phenoxy) is 2. The zero-order valence-electron chi connectivity index (χ0n) is 14.4. The minimum Gasteiger partial charge on any atom is -0.496 e. The lowest BCUT2D eigenvalue weighted by molar-refractivity contribution is 0.0469. The molecule has 2 aromatic rings. The second-order valence-electron chi connectivity index (χ2n) is 6.60. The molecule has 0 spiro atoms. The zero-order chi connectivity index (χ0) is 17.9. The van der Waals surface area contributed by atoms with E-state index in [0.717, 1.165) is 5.56 Å². The fourth-order valence-corrected chi connectivity index (χ4v) is 2.39. The van der Waals surface area contributed by atoms with Gasteiger partial charge in [-0.15, -0.1) is 0 Å². The molecule has 0 atom stereocenters. The number of carbonyl (C=O) groups is 1. The van der Waals surface area contributed by atoms with Crippen molar-refractivity contribution < 1.29 is 14.3 Å².